The molecule has 0 aromatic rings. The van der Waals surface area contributed by atoms with Gasteiger partial charge in [0.15, 0.2) is 0 Å². The average Bonchev–Trinajstić information content (AvgIpc) is 1.97. The predicted molar refractivity (Wildman–Crippen MR) is 49.8 cm³/mol. The molecule has 0 aliphatic carbocycles. The lowest BCUT2D eigenvalue weighted by Gasteiger charge is -2.45. The molecule has 70 valence electrons. The van der Waals surface area contributed by atoms with Gasteiger partial charge in [-0.25, -0.2) is 0 Å². The topological polar surface area (TPSA) is 20.3 Å². The molecule has 2 atom stereocenters. The Balaban J connectivity index is 2.85. The molecular weight excluding hydrogens is 150 g/mol. The third-order valence-corrected chi connectivity index (χ3v) is 3.57. The SMILES string of the molecule is CC1C(C)C(C)(C)CC(=O)N1C. The third-order valence-electron chi connectivity index (χ3n) is 3.57. The van der Waals surface area contributed by atoms with Crippen molar-refractivity contribution < 1.29 is 4.79 Å². The Kier molecular flexibility index (Phi) is 2.19. The molecule has 1 aliphatic heterocycles. The first-order valence-corrected chi connectivity index (χ1v) is 4.62. The van der Waals surface area contributed by atoms with E-state index in [-0.39, 0.29) is 11.3 Å². The van der Waals surface area contributed by atoms with E-state index in [0.29, 0.717) is 18.4 Å². The number of carbonyl (C=O) groups excluding carboxylic acids is 1. The monoisotopic (exact) mass is 169 g/mol. The van der Waals surface area contributed by atoms with E-state index in [4.69, 9.17) is 0 Å². The van der Waals surface area contributed by atoms with Crippen LogP contribution < -0.4 is 0 Å². The van der Waals surface area contributed by atoms with E-state index in [2.05, 4.69) is 27.7 Å². The van der Waals surface area contributed by atoms with Crippen molar-refractivity contribution >= 4 is 5.91 Å². The molecule has 0 aromatic carbocycles. The maximum Gasteiger partial charge on any atom is 0.223 e. The van der Waals surface area contributed by atoms with Crippen LogP contribution in [-0.2, 0) is 4.79 Å². The number of carbonyl (C=O) groups is 1. The first-order valence-electron chi connectivity index (χ1n) is 4.62. The number of hydrogen-bond acceptors (Lipinski definition) is 1. The summed E-state index contributed by atoms with van der Waals surface area (Å²) in [7, 11) is 1.90. The van der Waals surface area contributed by atoms with Crippen LogP contribution in [0.4, 0.5) is 0 Å². The summed E-state index contributed by atoms with van der Waals surface area (Å²) < 4.78 is 0. The van der Waals surface area contributed by atoms with Gasteiger partial charge in [-0.3, -0.25) is 4.79 Å². The van der Waals surface area contributed by atoms with Gasteiger partial charge in [0.2, 0.25) is 5.91 Å². The van der Waals surface area contributed by atoms with Crippen molar-refractivity contribution in [2.75, 3.05) is 7.05 Å². The van der Waals surface area contributed by atoms with E-state index in [0.717, 1.165) is 0 Å². The van der Waals surface area contributed by atoms with Crippen LogP contribution >= 0.6 is 0 Å². The molecule has 0 bridgehead atoms. The number of rotatable bonds is 0. The fourth-order valence-corrected chi connectivity index (χ4v) is 1.89. The molecule has 0 saturated carbocycles. The Labute approximate surface area is 74.9 Å². The summed E-state index contributed by atoms with van der Waals surface area (Å²) in [6.07, 6.45) is 0.689. The lowest BCUT2D eigenvalue weighted by atomic mass is 9.70. The van der Waals surface area contributed by atoms with Gasteiger partial charge < -0.3 is 4.90 Å². The second-order valence-electron chi connectivity index (χ2n) is 4.70. The quantitative estimate of drug-likeness (QED) is 0.542. The molecule has 1 fully saturated rings. The van der Waals surface area contributed by atoms with Crippen LogP contribution in [0.15, 0.2) is 0 Å². The van der Waals surface area contributed by atoms with Crippen LogP contribution in [0.3, 0.4) is 0 Å². The minimum absolute atomic E-state index is 0.170. The Morgan fingerprint density at radius 3 is 2.42 bits per heavy atom. The van der Waals surface area contributed by atoms with Crippen LogP contribution in [0.1, 0.15) is 34.1 Å². The highest BCUT2D eigenvalue weighted by molar-refractivity contribution is 5.78. The zero-order valence-corrected chi connectivity index (χ0v) is 8.72. The summed E-state index contributed by atoms with van der Waals surface area (Å²) in [4.78, 5) is 13.4. The normalized spacial score (nSPS) is 35.4. The highest BCUT2D eigenvalue weighted by Gasteiger charge is 2.40. The van der Waals surface area contributed by atoms with E-state index < -0.39 is 0 Å². The third kappa shape index (κ3) is 1.35. The summed E-state index contributed by atoms with van der Waals surface area (Å²) >= 11 is 0. The summed E-state index contributed by atoms with van der Waals surface area (Å²) in [5.74, 6) is 0.866. The van der Waals surface area contributed by atoms with Crippen molar-refractivity contribution in [1.82, 2.24) is 4.90 Å². The smallest absolute Gasteiger partial charge is 0.223 e. The molecule has 2 heteroatoms. The molecule has 0 spiro atoms. The molecule has 0 N–H and O–H groups in total. The molecule has 2 unspecified atom stereocenters. The van der Waals surface area contributed by atoms with E-state index >= 15 is 0 Å². The molecule has 0 radical (unpaired) electrons. The Morgan fingerprint density at radius 2 is 1.92 bits per heavy atom. The van der Waals surface area contributed by atoms with Gasteiger partial charge in [0.1, 0.15) is 0 Å². The summed E-state index contributed by atoms with van der Waals surface area (Å²) in [5.41, 5.74) is 0.170. The van der Waals surface area contributed by atoms with E-state index in [9.17, 15) is 4.79 Å². The lowest BCUT2D eigenvalue weighted by Crippen LogP contribution is -2.51. The predicted octanol–water partition coefficient (Wildman–Crippen LogP) is 1.90. The zero-order chi connectivity index (χ0) is 9.52. The first kappa shape index (κ1) is 9.56. The van der Waals surface area contributed by atoms with Crippen LogP contribution in [0.5, 0.6) is 0 Å². The minimum Gasteiger partial charge on any atom is -0.343 e. The number of piperidine rings is 1. The summed E-state index contributed by atoms with van der Waals surface area (Å²) in [6.45, 7) is 8.72. The first-order chi connectivity index (χ1) is 5.36. The second-order valence-corrected chi connectivity index (χ2v) is 4.70. The molecule has 1 amide bonds. The van der Waals surface area contributed by atoms with Gasteiger partial charge in [-0.1, -0.05) is 20.8 Å². The molecule has 0 aromatic heterocycles. The van der Waals surface area contributed by atoms with Gasteiger partial charge >= 0.3 is 0 Å². The number of amides is 1. The maximum absolute atomic E-state index is 11.5. The molecule has 1 saturated heterocycles. The van der Waals surface area contributed by atoms with Crippen molar-refractivity contribution in [3.05, 3.63) is 0 Å². The molecular formula is C10H19NO. The molecule has 1 rings (SSSR count). The second kappa shape index (κ2) is 2.75. The fourth-order valence-electron chi connectivity index (χ4n) is 1.89. The van der Waals surface area contributed by atoms with Crippen molar-refractivity contribution in [1.29, 1.82) is 0 Å². The molecule has 1 heterocycles. The van der Waals surface area contributed by atoms with Crippen LogP contribution in [0.2, 0.25) is 0 Å². The van der Waals surface area contributed by atoms with Crippen molar-refractivity contribution in [3.8, 4) is 0 Å². The molecule has 12 heavy (non-hydrogen) atoms. The van der Waals surface area contributed by atoms with Gasteiger partial charge in [-0.15, -0.1) is 0 Å². The Morgan fingerprint density at radius 1 is 1.42 bits per heavy atom. The Hall–Kier alpha value is -0.530. The lowest BCUT2D eigenvalue weighted by molar-refractivity contribution is -0.142. The van der Waals surface area contributed by atoms with Crippen LogP contribution in [0.25, 0.3) is 0 Å². The standard InChI is InChI=1S/C10H19NO/c1-7-8(2)11(5)9(12)6-10(7,3)4/h7-8H,6H2,1-5H3. The highest BCUT2D eigenvalue weighted by Crippen LogP contribution is 2.38. The average molecular weight is 169 g/mol. The molecule has 1 aliphatic rings. The van der Waals surface area contributed by atoms with Gasteiger partial charge in [0.25, 0.3) is 0 Å². The number of nitrogens with zero attached hydrogens (tertiary/aromatic N) is 1. The van der Waals surface area contributed by atoms with Gasteiger partial charge in [-0.2, -0.15) is 0 Å². The maximum atomic E-state index is 11.5. The largest absolute Gasteiger partial charge is 0.343 e. The Bertz CT molecular complexity index is 198. The number of likely N-dealkylation sites (tertiary alicyclic amines) is 1. The van der Waals surface area contributed by atoms with Gasteiger partial charge in [0.05, 0.1) is 0 Å². The van der Waals surface area contributed by atoms with Crippen LogP contribution in [-0.4, -0.2) is 23.9 Å². The zero-order valence-electron chi connectivity index (χ0n) is 8.72. The summed E-state index contributed by atoms with van der Waals surface area (Å²) in [5, 5.41) is 0. The van der Waals surface area contributed by atoms with Crippen molar-refractivity contribution in [2.45, 2.75) is 40.2 Å². The van der Waals surface area contributed by atoms with Crippen molar-refractivity contribution in [3.63, 3.8) is 0 Å². The number of hydrogen-bond donors (Lipinski definition) is 0. The van der Waals surface area contributed by atoms with Gasteiger partial charge in [0, 0.05) is 19.5 Å². The van der Waals surface area contributed by atoms with E-state index in [1.807, 2.05) is 11.9 Å². The minimum atomic E-state index is 0.170. The van der Waals surface area contributed by atoms with Crippen LogP contribution in [0, 0.1) is 11.3 Å². The molecule has 2 nitrogen and oxygen atoms in total. The fraction of sp³-hybridized carbons (Fsp3) is 0.900. The van der Waals surface area contributed by atoms with E-state index in [1.54, 1.807) is 0 Å². The van der Waals surface area contributed by atoms with Gasteiger partial charge in [-0.05, 0) is 18.3 Å². The summed E-state index contributed by atoms with van der Waals surface area (Å²) in [6, 6.07) is 0.376. The van der Waals surface area contributed by atoms with E-state index in [1.165, 1.54) is 0 Å². The highest BCUT2D eigenvalue weighted by atomic mass is 16.2. The van der Waals surface area contributed by atoms with Crippen molar-refractivity contribution in [2.24, 2.45) is 11.3 Å².